The van der Waals surface area contributed by atoms with Gasteiger partial charge in [-0.25, -0.2) is 18.4 Å². The van der Waals surface area contributed by atoms with Crippen molar-refractivity contribution in [3.05, 3.63) is 89.5 Å². The molecule has 0 aliphatic heterocycles. The molecule has 7 nitrogen and oxygen atoms in total. The van der Waals surface area contributed by atoms with Crippen molar-refractivity contribution in [2.75, 3.05) is 13.2 Å². The van der Waals surface area contributed by atoms with Gasteiger partial charge in [0.05, 0.1) is 10.5 Å². The van der Waals surface area contributed by atoms with E-state index in [1.165, 1.54) is 24.3 Å². The fourth-order valence-electron chi connectivity index (χ4n) is 2.78. The lowest BCUT2D eigenvalue weighted by Crippen LogP contribution is -2.13. The molecule has 0 fully saturated rings. The standard InChI is InChI=1S/C23H23NO6S/c1-17-4-2-5-18(14-17)16-30-21-7-3-6-19(15-21)23(25)29-13-12-28-20-8-10-22(11-9-20)31(24,26)27/h2-11,14-15H,12-13,16H2,1H3,(H2,24,26,27). The van der Waals surface area contributed by atoms with E-state index < -0.39 is 16.0 Å². The van der Waals surface area contributed by atoms with Crippen LogP contribution in [0.5, 0.6) is 11.5 Å². The van der Waals surface area contributed by atoms with Crippen LogP contribution in [-0.4, -0.2) is 27.6 Å². The van der Waals surface area contributed by atoms with Crippen LogP contribution in [0.15, 0.2) is 77.7 Å². The van der Waals surface area contributed by atoms with Crippen LogP contribution in [0.4, 0.5) is 0 Å². The lowest BCUT2D eigenvalue weighted by atomic mass is 10.1. The number of benzene rings is 3. The third kappa shape index (κ3) is 6.84. The molecule has 0 aromatic heterocycles. The van der Waals surface area contributed by atoms with Crippen molar-refractivity contribution < 1.29 is 27.4 Å². The molecule has 2 N–H and O–H groups in total. The lowest BCUT2D eigenvalue weighted by molar-refractivity contribution is 0.0450. The minimum absolute atomic E-state index is 0.00391. The van der Waals surface area contributed by atoms with Gasteiger partial charge in [-0.15, -0.1) is 0 Å². The van der Waals surface area contributed by atoms with E-state index in [-0.39, 0.29) is 18.1 Å². The summed E-state index contributed by atoms with van der Waals surface area (Å²) in [6, 6.07) is 20.5. The van der Waals surface area contributed by atoms with E-state index in [0.29, 0.717) is 23.7 Å². The van der Waals surface area contributed by atoms with Crippen molar-refractivity contribution in [3.63, 3.8) is 0 Å². The zero-order valence-electron chi connectivity index (χ0n) is 17.0. The number of esters is 1. The van der Waals surface area contributed by atoms with Gasteiger partial charge in [0.2, 0.25) is 10.0 Å². The summed E-state index contributed by atoms with van der Waals surface area (Å²) in [6.07, 6.45) is 0. The van der Waals surface area contributed by atoms with Crippen molar-refractivity contribution >= 4 is 16.0 Å². The molecule has 0 radical (unpaired) electrons. The van der Waals surface area contributed by atoms with Crippen LogP contribution < -0.4 is 14.6 Å². The topological polar surface area (TPSA) is 105 Å². The Hall–Kier alpha value is -3.36. The second-order valence-corrected chi connectivity index (χ2v) is 8.37. The number of hydrogen-bond donors (Lipinski definition) is 1. The van der Waals surface area contributed by atoms with Gasteiger partial charge in [0.25, 0.3) is 0 Å². The quantitative estimate of drug-likeness (QED) is 0.403. The van der Waals surface area contributed by atoms with Crippen LogP contribution in [0.1, 0.15) is 21.5 Å². The third-order valence-corrected chi connectivity index (χ3v) is 5.22. The molecule has 0 heterocycles. The molecule has 3 aromatic carbocycles. The lowest BCUT2D eigenvalue weighted by Gasteiger charge is -2.10. The van der Waals surface area contributed by atoms with Crippen LogP contribution in [0.25, 0.3) is 0 Å². The molecule has 31 heavy (non-hydrogen) atoms. The second-order valence-electron chi connectivity index (χ2n) is 6.81. The molecular weight excluding hydrogens is 418 g/mol. The molecule has 0 unspecified atom stereocenters. The van der Waals surface area contributed by atoms with Crippen molar-refractivity contribution in [3.8, 4) is 11.5 Å². The first-order chi connectivity index (χ1) is 14.8. The van der Waals surface area contributed by atoms with Crippen molar-refractivity contribution in [2.45, 2.75) is 18.4 Å². The number of hydrogen-bond acceptors (Lipinski definition) is 6. The molecule has 0 atom stereocenters. The van der Waals surface area contributed by atoms with E-state index in [1.54, 1.807) is 24.3 Å². The number of rotatable bonds is 9. The minimum atomic E-state index is -3.75. The first-order valence-electron chi connectivity index (χ1n) is 9.52. The summed E-state index contributed by atoms with van der Waals surface area (Å²) in [4.78, 5) is 12.3. The molecule has 0 spiro atoms. The van der Waals surface area contributed by atoms with Crippen LogP contribution in [0.3, 0.4) is 0 Å². The molecule has 0 aliphatic carbocycles. The number of sulfonamides is 1. The van der Waals surface area contributed by atoms with E-state index in [4.69, 9.17) is 19.3 Å². The van der Waals surface area contributed by atoms with Crippen molar-refractivity contribution in [1.82, 2.24) is 0 Å². The molecule has 0 bridgehead atoms. The van der Waals surface area contributed by atoms with Crippen LogP contribution >= 0.6 is 0 Å². The number of carbonyl (C=O) groups excluding carboxylic acids is 1. The Morgan fingerprint density at radius 2 is 1.61 bits per heavy atom. The molecule has 0 saturated carbocycles. The van der Waals surface area contributed by atoms with E-state index in [1.807, 2.05) is 31.2 Å². The first-order valence-corrected chi connectivity index (χ1v) is 11.1. The number of ether oxygens (including phenoxy) is 3. The Bertz CT molecular complexity index is 1140. The Morgan fingerprint density at radius 1 is 0.871 bits per heavy atom. The second kappa shape index (κ2) is 10.1. The van der Waals surface area contributed by atoms with E-state index >= 15 is 0 Å². The van der Waals surface area contributed by atoms with Gasteiger partial charge < -0.3 is 14.2 Å². The van der Waals surface area contributed by atoms with Gasteiger partial charge in [-0.05, 0) is 55.0 Å². The maximum atomic E-state index is 12.3. The predicted molar refractivity (Wildman–Crippen MR) is 116 cm³/mol. The normalized spacial score (nSPS) is 11.0. The Balaban J connectivity index is 1.46. The molecule has 3 rings (SSSR count). The van der Waals surface area contributed by atoms with Gasteiger partial charge in [0, 0.05) is 0 Å². The Kier molecular flexibility index (Phi) is 7.28. The zero-order chi connectivity index (χ0) is 22.3. The van der Waals surface area contributed by atoms with Crippen LogP contribution in [0.2, 0.25) is 0 Å². The summed E-state index contributed by atoms with van der Waals surface area (Å²) in [7, 11) is -3.75. The molecule has 0 amide bonds. The maximum Gasteiger partial charge on any atom is 0.338 e. The van der Waals surface area contributed by atoms with Gasteiger partial charge in [-0.3, -0.25) is 0 Å². The highest BCUT2D eigenvalue weighted by Gasteiger charge is 2.10. The highest BCUT2D eigenvalue weighted by molar-refractivity contribution is 7.89. The SMILES string of the molecule is Cc1cccc(COc2cccc(C(=O)OCCOc3ccc(S(N)(=O)=O)cc3)c2)c1. The number of primary sulfonamides is 1. The van der Waals surface area contributed by atoms with Gasteiger partial charge >= 0.3 is 5.97 Å². The zero-order valence-corrected chi connectivity index (χ0v) is 17.8. The maximum absolute atomic E-state index is 12.3. The van der Waals surface area contributed by atoms with Gasteiger partial charge in [-0.2, -0.15) is 0 Å². The molecule has 0 saturated heterocycles. The first kappa shape index (κ1) is 22.3. The van der Waals surface area contributed by atoms with E-state index in [9.17, 15) is 13.2 Å². The summed E-state index contributed by atoms with van der Waals surface area (Å²) in [6.45, 7) is 2.57. The average molecular weight is 442 g/mol. The highest BCUT2D eigenvalue weighted by Crippen LogP contribution is 2.17. The number of nitrogens with two attached hydrogens (primary N) is 1. The molecular formula is C23H23NO6S. The van der Waals surface area contributed by atoms with Crippen LogP contribution in [0, 0.1) is 6.92 Å². The summed E-state index contributed by atoms with van der Waals surface area (Å²) >= 11 is 0. The molecule has 162 valence electrons. The summed E-state index contributed by atoms with van der Waals surface area (Å²) in [5.41, 5.74) is 2.57. The van der Waals surface area contributed by atoms with Gasteiger partial charge in [-0.1, -0.05) is 35.9 Å². The van der Waals surface area contributed by atoms with E-state index in [2.05, 4.69) is 0 Å². The summed E-state index contributed by atoms with van der Waals surface area (Å²) in [5.74, 6) is 0.520. The largest absolute Gasteiger partial charge is 0.490 e. The molecule has 0 aliphatic rings. The Morgan fingerprint density at radius 3 is 2.32 bits per heavy atom. The summed E-state index contributed by atoms with van der Waals surface area (Å²) < 4.78 is 38.9. The number of aryl methyl sites for hydroxylation is 1. The molecule has 8 heteroatoms. The summed E-state index contributed by atoms with van der Waals surface area (Å²) in [5, 5.41) is 5.05. The third-order valence-electron chi connectivity index (χ3n) is 4.30. The van der Waals surface area contributed by atoms with Crippen molar-refractivity contribution in [2.24, 2.45) is 5.14 Å². The van der Waals surface area contributed by atoms with Crippen molar-refractivity contribution in [1.29, 1.82) is 0 Å². The van der Waals surface area contributed by atoms with Crippen LogP contribution in [-0.2, 0) is 21.4 Å². The fourth-order valence-corrected chi connectivity index (χ4v) is 3.30. The smallest absolute Gasteiger partial charge is 0.338 e. The predicted octanol–water partition coefficient (Wildman–Crippen LogP) is 3.46. The van der Waals surface area contributed by atoms with Gasteiger partial charge in [0.1, 0.15) is 31.3 Å². The average Bonchev–Trinajstić information content (AvgIpc) is 2.75. The monoisotopic (exact) mass is 441 g/mol. The molecule has 3 aromatic rings. The van der Waals surface area contributed by atoms with Gasteiger partial charge in [0.15, 0.2) is 0 Å². The number of carbonyl (C=O) groups is 1. The fraction of sp³-hybridized carbons (Fsp3) is 0.174. The Labute approximate surface area is 181 Å². The highest BCUT2D eigenvalue weighted by atomic mass is 32.2. The van der Waals surface area contributed by atoms with E-state index in [0.717, 1.165) is 11.1 Å². The minimum Gasteiger partial charge on any atom is -0.490 e.